The molecule has 0 saturated heterocycles. The van der Waals surface area contributed by atoms with Crippen LogP contribution in [0.1, 0.15) is 6.92 Å². The molecule has 1 aromatic carbocycles. The Kier molecular flexibility index (Phi) is 9.43. The number of para-hydroxylation sites is 2. The summed E-state index contributed by atoms with van der Waals surface area (Å²) in [6.07, 6.45) is -4.44. The molecule has 1 aromatic rings. The molecule has 1 rings (SSSR count). The fraction of sp³-hybridized carbons (Fsp3) is 0.500. The molecule has 132 valence electrons. The molecule has 5 nitrogen and oxygen atoms in total. The molecule has 1 amide bonds. The summed E-state index contributed by atoms with van der Waals surface area (Å²) in [4.78, 5) is 11.6. The van der Waals surface area contributed by atoms with Crippen LogP contribution in [0.25, 0.3) is 0 Å². The lowest BCUT2D eigenvalue weighted by Gasteiger charge is -2.14. The first-order valence-electron chi connectivity index (χ1n) is 6.70. The monoisotopic (exact) mass is 356 g/mol. The predicted octanol–water partition coefficient (Wildman–Crippen LogP) is 2.14. The highest BCUT2D eigenvalue weighted by molar-refractivity contribution is 5.85. The molecule has 0 heterocycles. The van der Waals surface area contributed by atoms with E-state index in [4.69, 9.17) is 10.5 Å². The van der Waals surface area contributed by atoms with Gasteiger partial charge in [0.05, 0.1) is 0 Å². The van der Waals surface area contributed by atoms with Gasteiger partial charge in [-0.3, -0.25) is 4.79 Å². The number of alkyl halides is 3. The van der Waals surface area contributed by atoms with Crippen molar-refractivity contribution in [3.8, 4) is 11.5 Å². The van der Waals surface area contributed by atoms with E-state index in [0.717, 1.165) is 0 Å². The predicted molar refractivity (Wildman–Crippen MR) is 82.0 cm³/mol. The molecule has 0 bridgehead atoms. The number of halogens is 4. The fourth-order valence-corrected chi connectivity index (χ4v) is 1.41. The van der Waals surface area contributed by atoms with Crippen LogP contribution in [0.3, 0.4) is 0 Å². The number of carbonyl (C=O) groups excluding carboxylic acids is 1. The molecule has 9 heteroatoms. The van der Waals surface area contributed by atoms with Crippen LogP contribution in [0.4, 0.5) is 13.2 Å². The molecule has 0 saturated carbocycles. The van der Waals surface area contributed by atoms with Gasteiger partial charge in [-0.25, -0.2) is 0 Å². The van der Waals surface area contributed by atoms with Crippen LogP contribution in [0.5, 0.6) is 11.5 Å². The van der Waals surface area contributed by atoms with Crippen molar-refractivity contribution >= 4 is 18.3 Å². The lowest BCUT2D eigenvalue weighted by atomic mass is 10.2. The number of hydrogen-bond acceptors (Lipinski definition) is 4. The lowest BCUT2D eigenvalue weighted by molar-refractivity contribution is -0.153. The average Bonchev–Trinajstić information content (AvgIpc) is 2.48. The van der Waals surface area contributed by atoms with Crippen LogP contribution in [0.2, 0.25) is 0 Å². The first kappa shape index (κ1) is 21.3. The number of ether oxygens (including phenoxy) is 2. The minimum absolute atomic E-state index is 0. The van der Waals surface area contributed by atoms with Gasteiger partial charge in [0.2, 0.25) is 0 Å². The summed E-state index contributed by atoms with van der Waals surface area (Å²) >= 11 is 0. The third-order valence-electron chi connectivity index (χ3n) is 2.65. The van der Waals surface area contributed by atoms with Crippen LogP contribution >= 0.6 is 12.4 Å². The van der Waals surface area contributed by atoms with Gasteiger partial charge in [0.1, 0.15) is 0 Å². The first-order chi connectivity index (χ1) is 10.3. The Morgan fingerprint density at radius 1 is 1.26 bits per heavy atom. The zero-order valence-electron chi connectivity index (χ0n) is 12.6. The number of nitrogens with one attached hydrogen (secondary N) is 1. The summed E-state index contributed by atoms with van der Waals surface area (Å²) in [5.74, 6) is -0.242. The average molecular weight is 357 g/mol. The molecule has 23 heavy (non-hydrogen) atoms. The summed E-state index contributed by atoms with van der Waals surface area (Å²) < 4.78 is 46.3. The first-order valence-corrected chi connectivity index (χ1v) is 6.70. The normalized spacial score (nSPS) is 12.0. The van der Waals surface area contributed by atoms with Crippen LogP contribution < -0.4 is 20.5 Å². The third kappa shape index (κ3) is 9.14. The molecule has 0 aliphatic heterocycles. The van der Waals surface area contributed by atoms with Gasteiger partial charge < -0.3 is 20.5 Å². The second-order valence-corrected chi connectivity index (χ2v) is 4.78. The molecule has 0 aromatic heterocycles. The molecule has 0 radical (unpaired) electrons. The van der Waals surface area contributed by atoms with Crippen molar-refractivity contribution in [2.24, 2.45) is 11.7 Å². The molecular weight excluding hydrogens is 337 g/mol. The molecule has 0 aliphatic carbocycles. The Balaban J connectivity index is 0.00000484. The highest BCUT2D eigenvalue weighted by Crippen LogP contribution is 2.28. The smallest absolute Gasteiger partial charge is 0.422 e. The molecule has 1 atom stereocenters. The maximum Gasteiger partial charge on any atom is 0.422 e. The number of nitrogens with two attached hydrogens (primary N) is 1. The van der Waals surface area contributed by atoms with Gasteiger partial charge in [-0.15, -0.1) is 12.4 Å². The Bertz CT molecular complexity index is 487. The quantitative estimate of drug-likeness (QED) is 0.748. The second kappa shape index (κ2) is 10.2. The zero-order valence-corrected chi connectivity index (χ0v) is 13.4. The van der Waals surface area contributed by atoms with E-state index in [1.54, 1.807) is 6.07 Å². The van der Waals surface area contributed by atoms with E-state index in [1.165, 1.54) is 18.2 Å². The summed E-state index contributed by atoms with van der Waals surface area (Å²) in [5.41, 5.74) is 5.42. The summed E-state index contributed by atoms with van der Waals surface area (Å²) in [6.45, 7) is 0.985. The number of carbonyl (C=O) groups is 1. The number of hydrogen-bond donors (Lipinski definition) is 2. The van der Waals surface area contributed by atoms with Crippen LogP contribution in [0, 0.1) is 5.92 Å². The van der Waals surface area contributed by atoms with Gasteiger partial charge in [-0.05, 0) is 24.6 Å². The van der Waals surface area contributed by atoms with E-state index in [-0.39, 0.29) is 42.3 Å². The van der Waals surface area contributed by atoms with Gasteiger partial charge in [-0.1, -0.05) is 19.1 Å². The van der Waals surface area contributed by atoms with Crippen molar-refractivity contribution in [2.75, 3.05) is 26.3 Å². The molecule has 3 N–H and O–H groups in total. The Morgan fingerprint density at radius 3 is 2.35 bits per heavy atom. The summed E-state index contributed by atoms with van der Waals surface area (Å²) in [5, 5.41) is 2.61. The lowest BCUT2D eigenvalue weighted by Crippen LogP contribution is -2.34. The van der Waals surface area contributed by atoms with E-state index >= 15 is 0 Å². The van der Waals surface area contributed by atoms with Crippen molar-refractivity contribution in [3.05, 3.63) is 24.3 Å². The molecule has 0 spiro atoms. The van der Waals surface area contributed by atoms with Gasteiger partial charge in [0.25, 0.3) is 5.91 Å². The topological polar surface area (TPSA) is 73.6 Å². The fourth-order valence-electron chi connectivity index (χ4n) is 1.41. The summed E-state index contributed by atoms with van der Waals surface area (Å²) in [6, 6.07) is 5.86. The number of rotatable bonds is 8. The van der Waals surface area contributed by atoms with E-state index in [2.05, 4.69) is 10.1 Å². The van der Waals surface area contributed by atoms with Crippen LogP contribution in [-0.4, -0.2) is 38.4 Å². The zero-order chi connectivity index (χ0) is 16.6. The minimum Gasteiger partial charge on any atom is -0.480 e. The van der Waals surface area contributed by atoms with Crippen molar-refractivity contribution < 1.29 is 27.4 Å². The van der Waals surface area contributed by atoms with Gasteiger partial charge >= 0.3 is 6.18 Å². The SMILES string of the molecule is CC(CN)CNC(=O)COc1ccccc1OCC(F)(F)F.Cl. The van der Waals surface area contributed by atoms with Gasteiger partial charge in [0, 0.05) is 6.54 Å². The molecular formula is C14H20ClF3N2O3. The van der Waals surface area contributed by atoms with Crippen molar-refractivity contribution in [1.82, 2.24) is 5.32 Å². The Hall–Kier alpha value is -1.67. The van der Waals surface area contributed by atoms with Crippen molar-refractivity contribution in [2.45, 2.75) is 13.1 Å². The molecule has 0 aliphatic rings. The maximum absolute atomic E-state index is 12.2. The standard InChI is InChI=1S/C14H19F3N2O3.ClH/c1-10(6-18)7-19-13(20)8-21-11-4-2-3-5-12(11)22-9-14(15,16)17;/h2-5,10H,6-9,18H2,1H3,(H,19,20);1H. The largest absolute Gasteiger partial charge is 0.480 e. The van der Waals surface area contributed by atoms with Crippen LogP contribution in [-0.2, 0) is 4.79 Å². The molecule has 0 fully saturated rings. The Morgan fingerprint density at radius 2 is 1.83 bits per heavy atom. The van der Waals surface area contributed by atoms with E-state index in [1.807, 2.05) is 6.92 Å². The second-order valence-electron chi connectivity index (χ2n) is 4.78. The van der Waals surface area contributed by atoms with E-state index in [9.17, 15) is 18.0 Å². The third-order valence-corrected chi connectivity index (χ3v) is 2.65. The van der Waals surface area contributed by atoms with E-state index in [0.29, 0.717) is 13.1 Å². The summed E-state index contributed by atoms with van der Waals surface area (Å²) in [7, 11) is 0. The minimum atomic E-state index is -4.44. The van der Waals surface area contributed by atoms with Gasteiger partial charge in [0.15, 0.2) is 24.7 Å². The maximum atomic E-state index is 12.2. The number of benzene rings is 1. The number of amides is 1. The van der Waals surface area contributed by atoms with Crippen molar-refractivity contribution in [3.63, 3.8) is 0 Å². The highest BCUT2D eigenvalue weighted by Gasteiger charge is 2.29. The van der Waals surface area contributed by atoms with Crippen LogP contribution in [0.15, 0.2) is 24.3 Å². The van der Waals surface area contributed by atoms with E-state index < -0.39 is 12.8 Å². The highest BCUT2D eigenvalue weighted by atomic mass is 35.5. The molecule has 1 unspecified atom stereocenters. The van der Waals surface area contributed by atoms with Crippen molar-refractivity contribution in [1.29, 1.82) is 0 Å². The van der Waals surface area contributed by atoms with Gasteiger partial charge in [-0.2, -0.15) is 13.2 Å². The Labute approximate surface area is 138 Å².